The molecule has 1 aliphatic heterocycles. The molecule has 3 rings (SSSR count). The van der Waals surface area contributed by atoms with E-state index >= 15 is 0 Å². The fourth-order valence-corrected chi connectivity index (χ4v) is 2.56. The molecule has 6 heteroatoms. The lowest BCUT2D eigenvalue weighted by Crippen LogP contribution is -2.32. The van der Waals surface area contributed by atoms with Gasteiger partial charge >= 0.3 is 11.9 Å². The average Bonchev–Trinajstić information content (AvgIpc) is 3.00. The molecule has 2 aromatic rings. The molecule has 0 spiro atoms. The Hall–Kier alpha value is -2.70. The largest absolute Gasteiger partial charge is 0.459 e. The zero-order valence-electron chi connectivity index (χ0n) is 13.4. The molecule has 1 fully saturated rings. The first-order valence-electron chi connectivity index (χ1n) is 7.95. The molecule has 1 N–H and O–H groups in total. The molecule has 2 aromatic carbocycles. The maximum Gasteiger partial charge on any atom is 0.338 e. The normalized spacial score (nSPS) is 22.4. The standard InChI is InChI=1S/C19H18O6/c20-17-11-15(25-19(22)14-9-5-2-6-10-14)16(24-17)12-23-18(21)13-7-3-1-4-8-13/h1-10,15-17,20H,11-12H2/t15-,16+,17-/m0/s1. The second kappa shape index (κ2) is 7.92. The Bertz CT molecular complexity index is 715. The fraction of sp³-hybridized carbons (Fsp3) is 0.263. The van der Waals surface area contributed by atoms with Gasteiger partial charge < -0.3 is 19.3 Å². The van der Waals surface area contributed by atoms with Crippen molar-refractivity contribution < 1.29 is 28.9 Å². The summed E-state index contributed by atoms with van der Waals surface area (Å²) in [6.45, 7) is -0.114. The van der Waals surface area contributed by atoms with E-state index in [1.807, 2.05) is 0 Å². The molecule has 0 aromatic heterocycles. The highest BCUT2D eigenvalue weighted by atomic mass is 16.7. The number of aliphatic hydroxyl groups excluding tert-OH is 1. The molecule has 1 saturated heterocycles. The van der Waals surface area contributed by atoms with Crippen molar-refractivity contribution >= 4 is 11.9 Å². The summed E-state index contributed by atoms with van der Waals surface area (Å²) >= 11 is 0. The summed E-state index contributed by atoms with van der Waals surface area (Å²) in [5.41, 5.74) is 0.822. The molecule has 0 radical (unpaired) electrons. The lowest BCUT2D eigenvalue weighted by Gasteiger charge is -2.18. The third-order valence-corrected chi connectivity index (χ3v) is 3.84. The topological polar surface area (TPSA) is 82.1 Å². The van der Waals surface area contributed by atoms with Crippen LogP contribution in [0.25, 0.3) is 0 Å². The minimum atomic E-state index is -1.06. The molecule has 1 heterocycles. The summed E-state index contributed by atoms with van der Waals surface area (Å²) in [6.07, 6.45) is -2.33. The summed E-state index contributed by atoms with van der Waals surface area (Å²) in [5.74, 6) is -1.01. The van der Waals surface area contributed by atoms with Crippen LogP contribution in [0.3, 0.4) is 0 Å². The number of carbonyl (C=O) groups is 2. The van der Waals surface area contributed by atoms with E-state index in [1.54, 1.807) is 60.7 Å². The number of aliphatic hydroxyl groups is 1. The Labute approximate surface area is 144 Å². The van der Waals surface area contributed by atoms with Crippen molar-refractivity contribution in [3.8, 4) is 0 Å². The average molecular weight is 342 g/mol. The van der Waals surface area contributed by atoms with E-state index in [1.165, 1.54) is 0 Å². The molecule has 3 atom stereocenters. The Morgan fingerprint density at radius 3 is 2.12 bits per heavy atom. The fourth-order valence-electron chi connectivity index (χ4n) is 2.56. The molecule has 0 amide bonds. The zero-order chi connectivity index (χ0) is 17.6. The van der Waals surface area contributed by atoms with Crippen LogP contribution in [0.1, 0.15) is 27.1 Å². The van der Waals surface area contributed by atoms with Gasteiger partial charge in [0.15, 0.2) is 6.29 Å². The predicted molar refractivity (Wildman–Crippen MR) is 87.9 cm³/mol. The lowest BCUT2D eigenvalue weighted by atomic mass is 10.1. The first-order chi connectivity index (χ1) is 12.1. The van der Waals surface area contributed by atoms with Crippen LogP contribution in [0, 0.1) is 0 Å². The van der Waals surface area contributed by atoms with Gasteiger partial charge in [-0.3, -0.25) is 0 Å². The van der Waals surface area contributed by atoms with Crippen LogP contribution in [0.4, 0.5) is 0 Å². The molecule has 0 unspecified atom stereocenters. The first kappa shape index (κ1) is 17.1. The van der Waals surface area contributed by atoms with Crippen molar-refractivity contribution in [2.45, 2.75) is 24.9 Å². The van der Waals surface area contributed by atoms with Crippen LogP contribution in [-0.2, 0) is 14.2 Å². The third kappa shape index (κ3) is 4.43. The smallest absolute Gasteiger partial charge is 0.338 e. The maximum absolute atomic E-state index is 12.1. The van der Waals surface area contributed by atoms with E-state index in [0.717, 1.165) is 0 Å². The van der Waals surface area contributed by atoms with Gasteiger partial charge in [0.2, 0.25) is 0 Å². The first-order valence-corrected chi connectivity index (χ1v) is 7.95. The van der Waals surface area contributed by atoms with Crippen molar-refractivity contribution in [1.82, 2.24) is 0 Å². The number of rotatable bonds is 5. The highest BCUT2D eigenvalue weighted by Gasteiger charge is 2.38. The van der Waals surface area contributed by atoms with Gasteiger partial charge in [-0.2, -0.15) is 0 Å². The van der Waals surface area contributed by atoms with Crippen LogP contribution in [0.15, 0.2) is 60.7 Å². The minimum absolute atomic E-state index is 0.114. The second-order valence-corrected chi connectivity index (χ2v) is 5.64. The van der Waals surface area contributed by atoms with Crippen molar-refractivity contribution in [2.75, 3.05) is 6.61 Å². The lowest BCUT2D eigenvalue weighted by molar-refractivity contribution is -0.110. The Balaban J connectivity index is 1.58. The van der Waals surface area contributed by atoms with Crippen LogP contribution < -0.4 is 0 Å². The third-order valence-electron chi connectivity index (χ3n) is 3.84. The molecule has 0 saturated carbocycles. The van der Waals surface area contributed by atoms with Gasteiger partial charge in [-0.1, -0.05) is 36.4 Å². The molecule has 1 aliphatic rings. The summed E-state index contributed by atoms with van der Waals surface area (Å²) in [5, 5.41) is 9.68. The number of esters is 2. The van der Waals surface area contributed by atoms with Gasteiger partial charge in [0.1, 0.15) is 18.8 Å². The molecule has 0 aliphatic carbocycles. The van der Waals surface area contributed by atoms with Crippen molar-refractivity contribution in [2.24, 2.45) is 0 Å². The number of carbonyl (C=O) groups excluding carboxylic acids is 2. The van der Waals surface area contributed by atoms with Crippen LogP contribution in [-0.4, -0.2) is 42.1 Å². The maximum atomic E-state index is 12.1. The van der Waals surface area contributed by atoms with Crippen molar-refractivity contribution in [3.05, 3.63) is 71.8 Å². The number of ether oxygens (including phenoxy) is 3. The van der Waals surface area contributed by atoms with Gasteiger partial charge in [-0.15, -0.1) is 0 Å². The van der Waals surface area contributed by atoms with Gasteiger partial charge in [-0.05, 0) is 24.3 Å². The highest BCUT2D eigenvalue weighted by molar-refractivity contribution is 5.90. The zero-order valence-corrected chi connectivity index (χ0v) is 13.4. The van der Waals surface area contributed by atoms with Gasteiger partial charge in [0, 0.05) is 6.42 Å². The highest BCUT2D eigenvalue weighted by Crippen LogP contribution is 2.23. The van der Waals surface area contributed by atoms with E-state index in [4.69, 9.17) is 14.2 Å². The molecular formula is C19H18O6. The van der Waals surface area contributed by atoms with Crippen LogP contribution in [0.5, 0.6) is 0 Å². The molecule has 130 valence electrons. The summed E-state index contributed by atoms with van der Waals surface area (Å²) in [6, 6.07) is 17.1. The van der Waals surface area contributed by atoms with Crippen molar-refractivity contribution in [1.29, 1.82) is 0 Å². The Morgan fingerprint density at radius 2 is 1.52 bits per heavy atom. The van der Waals surface area contributed by atoms with Crippen molar-refractivity contribution in [3.63, 3.8) is 0 Å². The minimum Gasteiger partial charge on any atom is -0.459 e. The van der Waals surface area contributed by atoms with Gasteiger partial charge in [-0.25, -0.2) is 9.59 Å². The van der Waals surface area contributed by atoms with Crippen LogP contribution >= 0.6 is 0 Å². The van der Waals surface area contributed by atoms with E-state index in [-0.39, 0.29) is 13.0 Å². The Morgan fingerprint density at radius 1 is 0.960 bits per heavy atom. The number of hydrogen-bond acceptors (Lipinski definition) is 6. The van der Waals surface area contributed by atoms with E-state index in [9.17, 15) is 14.7 Å². The SMILES string of the molecule is O=C(OC[C@H]1O[C@H](O)C[C@@H]1OC(=O)c1ccccc1)c1ccccc1. The van der Waals surface area contributed by atoms with E-state index in [0.29, 0.717) is 11.1 Å². The molecular weight excluding hydrogens is 324 g/mol. The Kier molecular flexibility index (Phi) is 5.42. The van der Waals surface area contributed by atoms with Gasteiger partial charge in [0.25, 0.3) is 0 Å². The monoisotopic (exact) mass is 342 g/mol. The van der Waals surface area contributed by atoms with Crippen LogP contribution in [0.2, 0.25) is 0 Å². The number of hydrogen-bond donors (Lipinski definition) is 1. The predicted octanol–water partition coefficient (Wildman–Crippen LogP) is 2.18. The molecule has 25 heavy (non-hydrogen) atoms. The molecule has 0 bridgehead atoms. The van der Waals surface area contributed by atoms with Gasteiger partial charge in [0.05, 0.1) is 11.1 Å². The number of benzene rings is 2. The summed E-state index contributed by atoms with van der Waals surface area (Å²) in [4.78, 5) is 24.1. The van der Waals surface area contributed by atoms with E-state index < -0.39 is 30.4 Å². The summed E-state index contributed by atoms with van der Waals surface area (Å²) < 4.78 is 15.9. The molecule has 6 nitrogen and oxygen atoms in total. The second-order valence-electron chi connectivity index (χ2n) is 5.64. The van der Waals surface area contributed by atoms with E-state index in [2.05, 4.69) is 0 Å². The summed E-state index contributed by atoms with van der Waals surface area (Å²) in [7, 11) is 0. The quantitative estimate of drug-likeness (QED) is 0.839.